The zero-order chi connectivity index (χ0) is 12.3. The van der Waals surface area contributed by atoms with Crippen LogP contribution < -0.4 is 5.32 Å². The molecule has 0 bridgehead atoms. The Morgan fingerprint density at radius 1 is 1.12 bits per heavy atom. The molecule has 1 aromatic heterocycles. The van der Waals surface area contributed by atoms with Crippen LogP contribution in [0.5, 0.6) is 0 Å². The van der Waals surface area contributed by atoms with E-state index in [-0.39, 0.29) is 0 Å². The van der Waals surface area contributed by atoms with E-state index < -0.39 is 0 Å². The molecule has 0 aliphatic carbocycles. The number of hydrogen-bond donors (Lipinski definition) is 1. The first kappa shape index (κ1) is 12.7. The van der Waals surface area contributed by atoms with E-state index in [1.165, 1.54) is 20.2 Å². The molecule has 1 N–H and O–H groups in total. The molecule has 1 unspecified atom stereocenters. The standard InChI is InChI=1S/C14H17NS2/c1-10-4-9-13(17-10)14(15-2)11-5-7-12(16-3)8-6-11/h4-9,14-15H,1-3H3. The minimum absolute atomic E-state index is 0.310. The summed E-state index contributed by atoms with van der Waals surface area (Å²) in [6, 6.07) is 13.5. The van der Waals surface area contributed by atoms with Gasteiger partial charge in [0.25, 0.3) is 0 Å². The summed E-state index contributed by atoms with van der Waals surface area (Å²) < 4.78 is 0. The van der Waals surface area contributed by atoms with Crippen molar-refractivity contribution in [1.82, 2.24) is 5.32 Å². The third-order valence-corrected chi connectivity index (χ3v) is 4.59. The lowest BCUT2D eigenvalue weighted by Gasteiger charge is -2.15. The number of benzene rings is 1. The van der Waals surface area contributed by atoms with E-state index in [1.54, 1.807) is 11.8 Å². The molecular weight excluding hydrogens is 246 g/mol. The fourth-order valence-corrected chi connectivity index (χ4v) is 3.30. The molecule has 0 aliphatic heterocycles. The summed E-state index contributed by atoms with van der Waals surface area (Å²) in [5.41, 5.74) is 1.33. The molecule has 0 saturated heterocycles. The Labute approximate surface area is 111 Å². The van der Waals surface area contributed by atoms with Crippen LogP contribution in [-0.4, -0.2) is 13.3 Å². The molecule has 17 heavy (non-hydrogen) atoms. The molecule has 1 aromatic carbocycles. The van der Waals surface area contributed by atoms with Gasteiger partial charge in [-0.25, -0.2) is 0 Å². The largest absolute Gasteiger partial charge is 0.309 e. The molecule has 0 saturated carbocycles. The van der Waals surface area contributed by atoms with E-state index in [9.17, 15) is 0 Å². The number of thiophene rings is 1. The van der Waals surface area contributed by atoms with Crippen LogP contribution in [0.1, 0.15) is 21.4 Å². The van der Waals surface area contributed by atoms with Gasteiger partial charge in [0.1, 0.15) is 0 Å². The molecule has 0 aliphatic rings. The van der Waals surface area contributed by atoms with Crippen molar-refractivity contribution in [3.05, 3.63) is 51.7 Å². The summed E-state index contributed by atoms with van der Waals surface area (Å²) >= 11 is 3.64. The maximum absolute atomic E-state index is 3.39. The fraction of sp³-hybridized carbons (Fsp3) is 0.286. The lowest BCUT2D eigenvalue weighted by molar-refractivity contribution is 0.703. The van der Waals surface area contributed by atoms with Gasteiger partial charge in [-0.05, 0) is 50.1 Å². The van der Waals surface area contributed by atoms with Gasteiger partial charge >= 0.3 is 0 Å². The van der Waals surface area contributed by atoms with Crippen molar-refractivity contribution in [1.29, 1.82) is 0 Å². The number of rotatable bonds is 4. The fourth-order valence-electron chi connectivity index (χ4n) is 1.88. The Bertz CT molecular complexity index is 473. The van der Waals surface area contributed by atoms with Crippen LogP contribution in [0.3, 0.4) is 0 Å². The van der Waals surface area contributed by atoms with Gasteiger partial charge in [-0.3, -0.25) is 0 Å². The van der Waals surface area contributed by atoms with Gasteiger partial charge in [0.05, 0.1) is 6.04 Å². The number of nitrogens with one attached hydrogen (secondary N) is 1. The summed E-state index contributed by atoms with van der Waals surface area (Å²) in [4.78, 5) is 4.05. The van der Waals surface area contributed by atoms with Crippen molar-refractivity contribution in [2.45, 2.75) is 17.9 Å². The second kappa shape index (κ2) is 5.71. The second-order valence-corrected chi connectivity index (χ2v) is 6.14. The predicted molar refractivity (Wildman–Crippen MR) is 78.2 cm³/mol. The maximum atomic E-state index is 3.39. The van der Waals surface area contributed by atoms with Crippen LogP contribution in [0.4, 0.5) is 0 Å². The topological polar surface area (TPSA) is 12.0 Å². The Morgan fingerprint density at radius 3 is 2.29 bits per heavy atom. The van der Waals surface area contributed by atoms with Gasteiger partial charge in [-0.2, -0.15) is 0 Å². The molecule has 0 amide bonds. The van der Waals surface area contributed by atoms with Crippen molar-refractivity contribution in [2.75, 3.05) is 13.3 Å². The number of thioether (sulfide) groups is 1. The van der Waals surface area contributed by atoms with Crippen LogP contribution in [0, 0.1) is 6.92 Å². The van der Waals surface area contributed by atoms with Gasteiger partial charge in [0.2, 0.25) is 0 Å². The summed E-state index contributed by atoms with van der Waals surface area (Å²) in [6.45, 7) is 2.15. The van der Waals surface area contributed by atoms with Crippen molar-refractivity contribution < 1.29 is 0 Å². The van der Waals surface area contributed by atoms with Gasteiger partial charge in [0, 0.05) is 14.6 Å². The van der Waals surface area contributed by atoms with E-state index in [4.69, 9.17) is 0 Å². The first-order valence-corrected chi connectivity index (χ1v) is 7.66. The SMILES string of the molecule is CNC(c1ccc(SC)cc1)c1ccc(C)s1. The first-order valence-electron chi connectivity index (χ1n) is 5.62. The van der Waals surface area contributed by atoms with E-state index in [0.717, 1.165) is 0 Å². The third kappa shape index (κ3) is 2.92. The monoisotopic (exact) mass is 263 g/mol. The normalized spacial score (nSPS) is 12.6. The molecule has 0 spiro atoms. The lowest BCUT2D eigenvalue weighted by atomic mass is 10.1. The van der Waals surface area contributed by atoms with Gasteiger partial charge in [-0.1, -0.05) is 12.1 Å². The van der Waals surface area contributed by atoms with E-state index in [0.29, 0.717) is 6.04 Å². The minimum atomic E-state index is 0.310. The Hall–Kier alpha value is -0.770. The molecule has 1 heterocycles. The van der Waals surface area contributed by atoms with Gasteiger partial charge in [-0.15, -0.1) is 23.1 Å². The highest BCUT2D eigenvalue weighted by atomic mass is 32.2. The van der Waals surface area contributed by atoms with Crippen molar-refractivity contribution in [3.63, 3.8) is 0 Å². The van der Waals surface area contributed by atoms with Crippen LogP contribution in [0.2, 0.25) is 0 Å². The highest BCUT2D eigenvalue weighted by Gasteiger charge is 2.13. The zero-order valence-corrected chi connectivity index (χ0v) is 12.0. The lowest BCUT2D eigenvalue weighted by Crippen LogP contribution is -2.16. The summed E-state index contributed by atoms with van der Waals surface area (Å²) in [6.07, 6.45) is 2.10. The molecule has 2 aromatic rings. The van der Waals surface area contributed by atoms with E-state index in [1.807, 2.05) is 18.4 Å². The Kier molecular flexibility index (Phi) is 4.26. The Morgan fingerprint density at radius 2 is 1.82 bits per heavy atom. The average Bonchev–Trinajstić information content (AvgIpc) is 2.78. The van der Waals surface area contributed by atoms with Crippen LogP contribution >= 0.6 is 23.1 Å². The van der Waals surface area contributed by atoms with Crippen molar-refractivity contribution in [2.24, 2.45) is 0 Å². The molecule has 1 atom stereocenters. The van der Waals surface area contributed by atoms with Crippen molar-refractivity contribution >= 4 is 23.1 Å². The summed E-state index contributed by atoms with van der Waals surface area (Å²) in [5.74, 6) is 0. The molecule has 2 rings (SSSR count). The van der Waals surface area contributed by atoms with Crippen LogP contribution in [-0.2, 0) is 0 Å². The zero-order valence-electron chi connectivity index (χ0n) is 10.4. The highest BCUT2D eigenvalue weighted by Crippen LogP contribution is 2.29. The van der Waals surface area contributed by atoms with Gasteiger partial charge < -0.3 is 5.32 Å². The molecule has 0 radical (unpaired) electrons. The molecule has 0 fully saturated rings. The van der Waals surface area contributed by atoms with E-state index >= 15 is 0 Å². The molecular formula is C14H17NS2. The molecule has 3 heteroatoms. The second-order valence-electron chi connectivity index (χ2n) is 3.94. The smallest absolute Gasteiger partial charge is 0.0668 e. The first-order chi connectivity index (χ1) is 8.24. The van der Waals surface area contributed by atoms with Gasteiger partial charge in [0.15, 0.2) is 0 Å². The molecule has 1 nitrogen and oxygen atoms in total. The van der Waals surface area contributed by atoms with Crippen LogP contribution in [0.15, 0.2) is 41.3 Å². The maximum Gasteiger partial charge on any atom is 0.0668 e. The minimum Gasteiger partial charge on any atom is -0.309 e. The predicted octanol–water partition coefficient (Wildman–Crippen LogP) is 4.09. The summed E-state index contributed by atoms with van der Waals surface area (Å²) in [7, 11) is 2.02. The number of hydrogen-bond acceptors (Lipinski definition) is 3. The quantitative estimate of drug-likeness (QED) is 0.834. The number of aryl methyl sites for hydroxylation is 1. The summed E-state index contributed by atoms with van der Waals surface area (Å²) in [5, 5.41) is 3.39. The van der Waals surface area contributed by atoms with Crippen LogP contribution in [0.25, 0.3) is 0 Å². The molecule has 90 valence electrons. The average molecular weight is 263 g/mol. The Balaban J connectivity index is 2.28. The third-order valence-electron chi connectivity index (χ3n) is 2.78. The van der Waals surface area contributed by atoms with Crippen molar-refractivity contribution in [3.8, 4) is 0 Å². The van der Waals surface area contributed by atoms with E-state index in [2.05, 4.69) is 54.9 Å². The highest BCUT2D eigenvalue weighted by molar-refractivity contribution is 7.98.